The van der Waals surface area contributed by atoms with Crippen LogP contribution in [0.15, 0.2) is 66.9 Å². The molecule has 2 aromatic rings. The Bertz CT molecular complexity index is 1070. The van der Waals surface area contributed by atoms with Gasteiger partial charge in [-0.25, -0.2) is 9.78 Å². The Labute approximate surface area is 182 Å². The van der Waals surface area contributed by atoms with Gasteiger partial charge >= 0.3 is 6.03 Å². The van der Waals surface area contributed by atoms with Crippen molar-refractivity contribution in [2.24, 2.45) is 4.99 Å². The number of allylic oxidation sites excluding steroid dienone is 7. The number of rotatable bonds is 8. The number of hydrogen-bond acceptors (Lipinski definition) is 4. The number of fused-ring (bicyclic) bond motifs is 1. The van der Waals surface area contributed by atoms with Crippen LogP contribution in [-0.2, 0) is 0 Å². The molecular weight excluding hydrogens is 392 g/mol. The molecule has 0 atom stereocenters. The zero-order valence-corrected chi connectivity index (χ0v) is 18.8. The standard InChI is InChI=1S/C24H28N4OS/c1-7-10-11-12-17(6)20-13-19(18(8-2)15-26-16(4)5)14-21-22(20)30-24(27-21)28-23(29)25-9-3/h7-8,10-15H,1-2,9H2,3-6H3,(H2,25,27,28,29)/b11-10-,17-12+,18-15+. The smallest absolute Gasteiger partial charge is 0.321 e. The van der Waals surface area contributed by atoms with Crippen molar-refractivity contribution in [3.05, 3.63) is 73.0 Å². The van der Waals surface area contributed by atoms with Gasteiger partial charge in [-0.3, -0.25) is 10.3 Å². The van der Waals surface area contributed by atoms with Crippen molar-refractivity contribution in [1.29, 1.82) is 0 Å². The van der Waals surface area contributed by atoms with Crippen molar-refractivity contribution in [3.8, 4) is 0 Å². The normalized spacial score (nSPS) is 12.1. The van der Waals surface area contributed by atoms with E-state index >= 15 is 0 Å². The molecule has 2 amide bonds. The molecular formula is C24H28N4OS. The average Bonchev–Trinajstić information content (AvgIpc) is 3.10. The topological polar surface area (TPSA) is 66.4 Å². The number of amides is 2. The Balaban J connectivity index is 2.66. The largest absolute Gasteiger partial charge is 0.338 e. The maximum Gasteiger partial charge on any atom is 0.321 e. The molecule has 2 N–H and O–H groups in total. The molecule has 0 fully saturated rings. The first-order chi connectivity index (χ1) is 14.4. The number of anilines is 1. The fraction of sp³-hybridized carbons (Fsp3) is 0.208. The van der Waals surface area contributed by atoms with Gasteiger partial charge in [-0.2, -0.15) is 0 Å². The second-order valence-corrected chi connectivity index (χ2v) is 7.71. The SMILES string of the molecule is C=C/C=C\C=C(/C)c1cc(/C(C=C)=C/N=C(C)C)cc2nc(NC(=O)NCC)sc12. The molecule has 1 aromatic carbocycles. The number of carbonyl (C=O) groups excluding carboxylic acids is 1. The van der Waals surface area contributed by atoms with E-state index in [0.29, 0.717) is 11.7 Å². The highest BCUT2D eigenvalue weighted by atomic mass is 32.1. The summed E-state index contributed by atoms with van der Waals surface area (Å²) in [4.78, 5) is 21.0. The lowest BCUT2D eigenvalue weighted by molar-refractivity contribution is 0.252. The van der Waals surface area contributed by atoms with Gasteiger partial charge in [0.1, 0.15) is 0 Å². The van der Waals surface area contributed by atoms with Crippen molar-refractivity contribution in [2.45, 2.75) is 27.7 Å². The van der Waals surface area contributed by atoms with Gasteiger partial charge in [0, 0.05) is 18.5 Å². The molecule has 30 heavy (non-hydrogen) atoms. The Morgan fingerprint density at radius 2 is 2.00 bits per heavy atom. The molecule has 0 saturated carbocycles. The zero-order valence-electron chi connectivity index (χ0n) is 18.0. The van der Waals surface area contributed by atoms with E-state index < -0.39 is 0 Å². The first-order valence-electron chi connectivity index (χ1n) is 9.69. The molecule has 1 aromatic heterocycles. The van der Waals surface area contributed by atoms with Gasteiger partial charge < -0.3 is 5.32 Å². The van der Waals surface area contributed by atoms with Crippen LogP contribution < -0.4 is 10.6 Å². The van der Waals surface area contributed by atoms with Crippen molar-refractivity contribution in [2.75, 3.05) is 11.9 Å². The van der Waals surface area contributed by atoms with Crippen molar-refractivity contribution >= 4 is 49.6 Å². The molecule has 6 heteroatoms. The van der Waals surface area contributed by atoms with E-state index in [1.807, 2.05) is 58.2 Å². The number of aliphatic imine (C=N–C) groups is 1. The van der Waals surface area contributed by atoms with Crippen LogP contribution in [0.2, 0.25) is 0 Å². The van der Waals surface area contributed by atoms with E-state index in [1.165, 1.54) is 11.3 Å². The van der Waals surface area contributed by atoms with Crippen molar-refractivity contribution in [1.82, 2.24) is 10.3 Å². The van der Waals surface area contributed by atoms with Gasteiger partial charge in [-0.15, -0.1) is 0 Å². The predicted octanol–water partition coefficient (Wildman–Crippen LogP) is 6.59. The summed E-state index contributed by atoms with van der Waals surface area (Å²) in [6.07, 6.45) is 11.2. The number of nitrogens with one attached hydrogen (secondary N) is 2. The molecule has 0 aliphatic carbocycles. The molecule has 0 unspecified atom stereocenters. The van der Waals surface area contributed by atoms with Crippen LogP contribution in [0, 0.1) is 0 Å². The molecule has 156 valence electrons. The van der Waals surface area contributed by atoms with Crippen LogP contribution in [0.1, 0.15) is 38.8 Å². The van der Waals surface area contributed by atoms with Crippen LogP contribution >= 0.6 is 11.3 Å². The summed E-state index contributed by atoms with van der Waals surface area (Å²) in [5, 5.41) is 6.08. The third kappa shape index (κ3) is 6.12. The van der Waals surface area contributed by atoms with Gasteiger partial charge in [0.05, 0.1) is 10.2 Å². The number of benzene rings is 1. The summed E-state index contributed by atoms with van der Waals surface area (Å²) in [6, 6.07) is 3.84. The molecule has 0 aliphatic rings. The Morgan fingerprint density at radius 3 is 2.63 bits per heavy atom. The van der Waals surface area contributed by atoms with E-state index in [1.54, 1.807) is 12.2 Å². The third-order valence-electron chi connectivity index (χ3n) is 4.08. The van der Waals surface area contributed by atoms with Gasteiger partial charge in [0.25, 0.3) is 0 Å². The lowest BCUT2D eigenvalue weighted by Gasteiger charge is -2.08. The van der Waals surface area contributed by atoms with Gasteiger partial charge in [0.2, 0.25) is 0 Å². The van der Waals surface area contributed by atoms with E-state index in [2.05, 4.69) is 39.8 Å². The van der Waals surface area contributed by atoms with Gasteiger partial charge in [-0.05, 0) is 62.1 Å². The van der Waals surface area contributed by atoms with Crippen LogP contribution in [0.25, 0.3) is 21.4 Å². The van der Waals surface area contributed by atoms with Crippen LogP contribution in [0.3, 0.4) is 0 Å². The first kappa shape index (κ1) is 23.0. The number of urea groups is 1. The Kier molecular flexibility index (Phi) is 8.50. The fourth-order valence-electron chi connectivity index (χ4n) is 2.66. The molecule has 2 rings (SSSR count). The highest BCUT2D eigenvalue weighted by molar-refractivity contribution is 7.22. The van der Waals surface area contributed by atoms with Crippen LogP contribution in [0.5, 0.6) is 0 Å². The van der Waals surface area contributed by atoms with E-state index in [0.717, 1.165) is 38.2 Å². The number of carbonyl (C=O) groups is 1. The lowest BCUT2D eigenvalue weighted by Crippen LogP contribution is -2.28. The number of aromatic nitrogens is 1. The summed E-state index contributed by atoms with van der Waals surface area (Å²) in [5.41, 5.74) is 5.76. The van der Waals surface area contributed by atoms with Gasteiger partial charge in [-0.1, -0.05) is 54.9 Å². The molecule has 0 radical (unpaired) electrons. The maximum atomic E-state index is 11.9. The number of thiazole rings is 1. The molecule has 5 nitrogen and oxygen atoms in total. The molecule has 0 spiro atoms. The van der Waals surface area contributed by atoms with Crippen molar-refractivity contribution < 1.29 is 4.79 Å². The highest BCUT2D eigenvalue weighted by Crippen LogP contribution is 2.35. The quantitative estimate of drug-likeness (QED) is 0.374. The monoisotopic (exact) mass is 420 g/mol. The predicted molar refractivity (Wildman–Crippen MR) is 132 cm³/mol. The minimum atomic E-state index is -0.265. The van der Waals surface area contributed by atoms with Crippen molar-refractivity contribution in [3.63, 3.8) is 0 Å². The summed E-state index contributed by atoms with van der Waals surface area (Å²) in [5.74, 6) is 0. The Hall–Kier alpha value is -3.25. The molecule has 0 saturated heterocycles. The number of nitrogens with zero attached hydrogens (tertiary/aromatic N) is 2. The second kappa shape index (κ2) is 11.1. The minimum absolute atomic E-state index is 0.265. The summed E-state index contributed by atoms with van der Waals surface area (Å²) < 4.78 is 1.00. The molecule has 0 aliphatic heterocycles. The third-order valence-corrected chi connectivity index (χ3v) is 5.10. The maximum absolute atomic E-state index is 11.9. The number of hydrogen-bond donors (Lipinski definition) is 2. The average molecular weight is 421 g/mol. The fourth-order valence-corrected chi connectivity index (χ4v) is 3.68. The summed E-state index contributed by atoms with van der Waals surface area (Å²) in [6.45, 7) is 16.0. The Morgan fingerprint density at radius 1 is 1.23 bits per heavy atom. The highest BCUT2D eigenvalue weighted by Gasteiger charge is 2.14. The van der Waals surface area contributed by atoms with E-state index in [-0.39, 0.29) is 6.03 Å². The van der Waals surface area contributed by atoms with Gasteiger partial charge in [0.15, 0.2) is 5.13 Å². The van der Waals surface area contributed by atoms with E-state index in [9.17, 15) is 4.79 Å². The summed E-state index contributed by atoms with van der Waals surface area (Å²) in [7, 11) is 0. The van der Waals surface area contributed by atoms with E-state index in [4.69, 9.17) is 0 Å². The lowest BCUT2D eigenvalue weighted by atomic mass is 9.99. The first-order valence-corrected chi connectivity index (χ1v) is 10.5. The van der Waals surface area contributed by atoms with Crippen LogP contribution in [-0.4, -0.2) is 23.3 Å². The minimum Gasteiger partial charge on any atom is -0.338 e. The molecule has 1 heterocycles. The molecule has 0 bridgehead atoms. The summed E-state index contributed by atoms with van der Waals surface area (Å²) >= 11 is 1.45. The zero-order chi connectivity index (χ0) is 22.1. The second-order valence-electron chi connectivity index (χ2n) is 6.71. The van der Waals surface area contributed by atoms with Crippen LogP contribution in [0.4, 0.5) is 9.93 Å².